The maximum absolute atomic E-state index is 11.4. The van der Waals surface area contributed by atoms with E-state index in [4.69, 9.17) is 11.6 Å². The number of aromatic carboxylic acids is 1. The van der Waals surface area contributed by atoms with Crippen molar-refractivity contribution in [1.29, 1.82) is 0 Å². The number of anilines is 2. The maximum Gasteiger partial charge on any atom is 0.336 e. The number of halogens is 1. The molecule has 4 nitrogen and oxygen atoms in total. The van der Waals surface area contributed by atoms with E-state index in [0.29, 0.717) is 11.6 Å². The van der Waals surface area contributed by atoms with Gasteiger partial charge in [0.2, 0.25) is 0 Å². The first kappa shape index (κ1) is 17.6. The second-order valence-corrected chi connectivity index (χ2v) is 7.05. The average Bonchev–Trinajstić information content (AvgIpc) is 2.58. The summed E-state index contributed by atoms with van der Waals surface area (Å²) in [6.07, 6.45) is 1.97. The van der Waals surface area contributed by atoms with Crippen LogP contribution in [0.15, 0.2) is 36.4 Å². The predicted molar refractivity (Wildman–Crippen MR) is 103 cm³/mol. The highest BCUT2D eigenvalue weighted by atomic mass is 35.5. The summed E-state index contributed by atoms with van der Waals surface area (Å²) in [5.41, 5.74) is 4.24. The molecule has 0 radical (unpaired) electrons. The lowest BCUT2D eigenvalue weighted by Crippen LogP contribution is -2.39. The van der Waals surface area contributed by atoms with Crippen LogP contribution < -0.4 is 10.2 Å². The molecule has 0 bridgehead atoms. The highest BCUT2D eigenvalue weighted by molar-refractivity contribution is 6.33. The van der Waals surface area contributed by atoms with Crippen LogP contribution in [0.25, 0.3) is 0 Å². The summed E-state index contributed by atoms with van der Waals surface area (Å²) in [7, 11) is 0. The molecule has 132 valence electrons. The SMILES string of the molecule is Cc1cc(C)c(C(=O)O)cc1NC1CCN(c2ccccc2Cl)CC1. The third-order valence-electron chi connectivity index (χ3n) is 4.85. The van der Waals surface area contributed by atoms with Crippen molar-refractivity contribution in [1.82, 2.24) is 0 Å². The standard InChI is InChI=1S/C20H23ClN2O2/c1-13-11-14(2)18(12-16(13)20(24)25)22-15-7-9-23(10-8-15)19-6-4-3-5-17(19)21/h3-6,11-12,15,22H,7-10H2,1-2H3,(H,24,25). The molecule has 0 atom stereocenters. The lowest BCUT2D eigenvalue weighted by atomic mass is 10.0. The monoisotopic (exact) mass is 358 g/mol. The normalized spacial score (nSPS) is 15.2. The van der Waals surface area contributed by atoms with Gasteiger partial charge >= 0.3 is 5.97 Å². The zero-order valence-electron chi connectivity index (χ0n) is 14.6. The zero-order chi connectivity index (χ0) is 18.0. The minimum Gasteiger partial charge on any atom is -0.478 e. The summed E-state index contributed by atoms with van der Waals surface area (Å²) in [5, 5.41) is 13.6. The number of rotatable bonds is 4. The highest BCUT2D eigenvalue weighted by Crippen LogP contribution is 2.29. The Morgan fingerprint density at radius 3 is 2.48 bits per heavy atom. The fourth-order valence-corrected chi connectivity index (χ4v) is 3.69. The minimum absolute atomic E-state index is 0.335. The van der Waals surface area contributed by atoms with Crippen LogP contribution in [-0.4, -0.2) is 30.2 Å². The summed E-state index contributed by atoms with van der Waals surface area (Å²) >= 11 is 6.29. The fourth-order valence-electron chi connectivity index (χ4n) is 3.43. The van der Waals surface area contributed by atoms with Crippen LogP contribution in [0.5, 0.6) is 0 Å². The molecule has 2 aromatic rings. The first-order valence-corrected chi connectivity index (χ1v) is 8.94. The van der Waals surface area contributed by atoms with Gasteiger partial charge in [0, 0.05) is 24.8 Å². The van der Waals surface area contributed by atoms with Crippen molar-refractivity contribution in [2.45, 2.75) is 32.7 Å². The minimum atomic E-state index is -0.880. The number of aryl methyl sites for hydroxylation is 2. The van der Waals surface area contributed by atoms with Crippen LogP contribution in [0.2, 0.25) is 5.02 Å². The van der Waals surface area contributed by atoms with Crippen LogP contribution in [0.4, 0.5) is 11.4 Å². The molecule has 0 amide bonds. The third-order valence-corrected chi connectivity index (χ3v) is 5.17. The second kappa shape index (κ2) is 7.36. The largest absolute Gasteiger partial charge is 0.478 e. The molecule has 2 aromatic carbocycles. The number of benzene rings is 2. The van der Waals surface area contributed by atoms with E-state index in [9.17, 15) is 9.90 Å². The van der Waals surface area contributed by atoms with Gasteiger partial charge in [-0.3, -0.25) is 0 Å². The maximum atomic E-state index is 11.4. The van der Waals surface area contributed by atoms with Crippen molar-refractivity contribution < 1.29 is 9.90 Å². The van der Waals surface area contributed by atoms with Gasteiger partial charge in [-0.05, 0) is 56.0 Å². The van der Waals surface area contributed by atoms with E-state index in [0.717, 1.165) is 53.5 Å². The molecule has 5 heteroatoms. The molecular formula is C20H23ClN2O2. The van der Waals surface area contributed by atoms with Gasteiger partial charge in [-0.2, -0.15) is 0 Å². The summed E-state index contributed by atoms with van der Waals surface area (Å²) in [5.74, 6) is -0.880. The number of carboxylic acids is 1. The number of hydrogen-bond donors (Lipinski definition) is 2. The van der Waals surface area contributed by atoms with E-state index in [1.54, 1.807) is 6.07 Å². The van der Waals surface area contributed by atoms with Crippen molar-refractivity contribution in [2.24, 2.45) is 0 Å². The fraction of sp³-hybridized carbons (Fsp3) is 0.350. The Morgan fingerprint density at radius 2 is 1.84 bits per heavy atom. The molecule has 1 heterocycles. The lowest BCUT2D eigenvalue weighted by Gasteiger charge is -2.35. The summed E-state index contributed by atoms with van der Waals surface area (Å²) in [4.78, 5) is 13.7. The van der Waals surface area contributed by atoms with Crippen LogP contribution in [0.1, 0.15) is 34.3 Å². The van der Waals surface area contributed by atoms with E-state index in [1.165, 1.54) is 0 Å². The lowest BCUT2D eigenvalue weighted by molar-refractivity contribution is 0.0696. The number of carboxylic acid groups (broad SMARTS) is 1. The molecule has 1 saturated heterocycles. The number of hydrogen-bond acceptors (Lipinski definition) is 3. The highest BCUT2D eigenvalue weighted by Gasteiger charge is 2.21. The molecule has 0 unspecified atom stereocenters. The number of para-hydroxylation sites is 1. The Morgan fingerprint density at radius 1 is 1.16 bits per heavy atom. The number of carbonyl (C=O) groups is 1. The van der Waals surface area contributed by atoms with Crippen molar-refractivity contribution in [3.63, 3.8) is 0 Å². The first-order chi connectivity index (χ1) is 12.0. The van der Waals surface area contributed by atoms with Gasteiger partial charge in [0.1, 0.15) is 0 Å². The van der Waals surface area contributed by atoms with Crippen molar-refractivity contribution in [3.8, 4) is 0 Å². The van der Waals surface area contributed by atoms with E-state index in [-0.39, 0.29) is 0 Å². The molecule has 2 N–H and O–H groups in total. The van der Waals surface area contributed by atoms with E-state index >= 15 is 0 Å². The molecule has 0 spiro atoms. The van der Waals surface area contributed by atoms with Gasteiger partial charge < -0.3 is 15.3 Å². The van der Waals surface area contributed by atoms with Gasteiger partial charge in [0.15, 0.2) is 0 Å². The Labute approximate surface area is 153 Å². The van der Waals surface area contributed by atoms with Gasteiger partial charge in [-0.15, -0.1) is 0 Å². The van der Waals surface area contributed by atoms with Crippen LogP contribution in [-0.2, 0) is 0 Å². The molecule has 25 heavy (non-hydrogen) atoms. The first-order valence-electron chi connectivity index (χ1n) is 8.56. The van der Waals surface area contributed by atoms with Crippen molar-refractivity contribution in [3.05, 3.63) is 58.1 Å². The molecule has 0 aromatic heterocycles. The number of piperidine rings is 1. The quantitative estimate of drug-likeness (QED) is 0.829. The van der Waals surface area contributed by atoms with E-state index in [1.807, 2.05) is 38.1 Å². The van der Waals surface area contributed by atoms with E-state index < -0.39 is 5.97 Å². The van der Waals surface area contributed by atoms with Crippen molar-refractivity contribution in [2.75, 3.05) is 23.3 Å². The smallest absolute Gasteiger partial charge is 0.336 e. The molecular weight excluding hydrogens is 336 g/mol. The Balaban J connectivity index is 1.68. The van der Waals surface area contributed by atoms with Crippen LogP contribution in [0, 0.1) is 13.8 Å². The van der Waals surface area contributed by atoms with Gasteiger partial charge in [-0.25, -0.2) is 4.79 Å². The average molecular weight is 359 g/mol. The summed E-state index contributed by atoms with van der Waals surface area (Å²) in [6, 6.07) is 12.0. The predicted octanol–water partition coefficient (Wildman–Crippen LogP) is 4.74. The topological polar surface area (TPSA) is 52.6 Å². The zero-order valence-corrected chi connectivity index (χ0v) is 15.3. The number of nitrogens with one attached hydrogen (secondary N) is 1. The number of nitrogens with zero attached hydrogens (tertiary/aromatic N) is 1. The van der Waals surface area contributed by atoms with Gasteiger partial charge in [0.05, 0.1) is 16.3 Å². The van der Waals surface area contributed by atoms with Crippen molar-refractivity contribution >= 4 is 28.9 Å². The Bertz CT molecular complexity index is 783. The Kier molecular flexibility index (Phi) is 5.19. The molecule has 1 aliphatic heterocycles. The molecule has 3 rings (SSSR count). The summed E-state index contributed by atoms with van der Waals surface area (Å²) in [6.45, 7) is 5.71. The van der Waals surface area contributed by atoms with Crippen LogP contribution in [0.3, 0.4) is 0 Å². The van der Waals surface area contributed by atoms with Gasteiger partial charge in [-0.1, -0.05) is 29.8 Å². The molecule has 0 aliphatic carbocycles. The van der Waals surface area contributed by atoms with Gasteiger partial charge in [0.25, 0.3) is 0 Å². The third kappa shape index (κ3) is 3.90. The molecule has 1 aliphatic rings. The second-order valence-electron chi connectivity index (χ2n) is 6.64. The molecule has 0 saturated carbocycles. The summed E-state index contributed by atoms with van der Waals surface area (Å²) < 4.78 is 0. The van der Waals surface area contributed by atoms with Crippen LogP contribution >= 0.6 is 11.6 Å². The van der Waals surface area contributed by atoms with E-state index in [2.05, 4.69) is 16.3 Å². The Hall–Kier alpha value is -2.20. The molecule has 1 fully saturated rings.